The van der Waals surface area contributed by atoms with E-state index in [4.69, 9.17) is 0 Å². The molecular formula is C27H39F3. The third-order valence-corrected chi connectivity index (χ3v) is 7.64. The summed E-state index contributed by atoms with van der Waals surface area (Å²) in [6.45, 7) is 2.23. The van der Waals surface area contributed by atoms with Crippen LogP contribution in [0.3, 0.4) is 0 Å². The van der Waals surface area contributed by atoms with Gasteiger partial charge in [0.05, 0.1) is 0 Å². The quantitative estimate of drug-likeness (QED) is 0.276. The van der Waals surface area contributed by atoms with E-state index in [0.29, 0.717) is 5.56 Å². The van der Waals surface area contributed by atoms with E-state index < -0.39 is 17.5 Å². The largest absolute Gasteiger partial charge is 0.204 e. The third-order valence-electron chi connectivity index (χ3n) is 7.64. The normalized spacial score (nSPS) is 27.6. The van der Waals surface area contributed by atoms with Crippen LogP contribution in [0.15, 0.2) is 24.3 Å². The van der Waals surface area contributed by atoms with Gasteiger partial charge in [-0.3, -0.25) is 0 Å². The Bertz CT molecular complexity index is 642. The van der Waals surface area contributed by atoms with Gasteiger partial charge in [-0.15, -0.1) is 0 Å². The highest BCUT2D eigenvalue weighted by Crippen LogP contribution is 2.40. The van der Waals surface area contributed by atoms with Gasteiger partial charge in [0.25, 0.3) is 0 Å². The molecule has 0 saturated heterocycles. The van der Waals surface area contributed by atoms with Crippen LogP contribution in [0, 0.1) is 35.2 Å². The highest BCUT2D eigenvalue weighted by atomic mass is 19.2. The van der Waals surface area contributed by atoms with Gasteiger partial charge in [0.15, 0.2) is 17.5 Å². The molecule has 0 aliphatic heterocycles. The number of allylic oxidation sites excluding steroid dienone is 2. The third kappa shape index (κ3) is 6.89. The second-order valence-electron chi connectivity index (χ2n) is 9.82. The number of halogens is 3. The Kier molecular flexibility index (Phi) is 9.33. The van der Waals surface area contributed by atoms with Gasteiger partial charge in [-0.25, -0.2) is 13.2 Å². The summed E-state index contributed by atoms with van der Waals surface area (Å²) in [5.41, 5.74) is 0.632. The molecule has 0 amide bonds. The van der Waals surface area contributed by atoms with Gasteiger partial charge in [-0.1, -0.05) is 64.0 Å². The molecule has 30 heavy (non-hydrogen) atoms. The summed E-state index contributed by atoms with van der Waals surface area (Å²) < 4.78 is 40.2. The molecule has 2 saturated carbocycles. The molecular weight excluding hydrogens is 381 g/mol. The first kappa shape index (κ1) is 23.4. The van der Waals surface area contributed by atoms with Crippen molar-refractivity contribution in [3.8, 4) is 0 Å². The lowest BCUT2D eigenvalue weighted by atomic mass is 9.74. The molecule has 1 aromatic carbocycles. The van der Waals surface area contributed by atoms with E-state index in [0.717, 1.165) is 43.4 Å². The Morgan fingerprint density at radius 1 is 0.700 bits per heavy atom. The summed E-state index contributed by atoms with van der Waals surface area (Å²) in [6.07, 6.45) is 22.2. The molecule has 2 aliphatic rings. The maximum Gasteiger partial charge on any atom is 0.194 e. The van der Waals surface area contributed by atoms with E-state index in [1.807, 2.05) is 0 Å². The fourth-order valence-corrected chi connectivity index (χ4v) is 5.61. The molecule has 0 bridgehead atoms. The van der Waals surface area contributed by atoms with Crippen LogP contribution in [-0.2, 0) is 0 Å². The van der Waals surface area contributed by atoms with Gasteiger partial charge in [-0.2, -0.15) is 0 Å². The minimum absolute atomic E-state index is 0.174. The van der Waals surface area contributed by atoms with Crippen molar-refractivity contribution in [2.75, 3.05) is 0 Å². The summed E-state index contributed by atoms with van der Waals surface area (Å²) >= 11 is 0. The van der Waals surface area contributed by atoms with Crippen LogP contribution >= 0.6 is 0 Å². The van der Waals surface area contributed by atoms with E-state index in [2.05, 4.69) is 19.1 Å². The van der Waals surface area contributed by atoms with E-state index >= 15 is 0 Å². The fourth-order valence-electron chi connectivity index (χ4n) is 5.61. The van der Waals surface area contributed by atoms with Crippen molar-refractivity contribution >= 4 is 0 Å². The van der Waals surface area contributed by atoms with Crippen LogP contribution < -0.4 is 0 Å². The predicted octanol–water partition coefficient (Wildman–Crippen LogP) is 9.10. The molecule has 0 aromatic heterocycles. The first-order valence-corrected chi connectivity index (χ1v) is 12.4. The highest BCUT2D eigenvalue weighted by molar-refractivity contribution is 5.23. The molecule has 1 aromatic rings. The van der Waals surface area contributed by atoms with Crippen LogP contribution in [0.5, 0.6) is 0 Å². The van der Waals surface area contributed by atoms with E-state index in [9.17, 15) is 13.2 Å². The fraction of sp³-hybridized carbons (Fsp3) is 0.704. The summed E-state index contributed by atoms with van der Waals surface area (Å²) in [5, 5.41) is 0. The number of hydrogen-bond donors (Lipinski definition) is 0. The van der Waals surface area contributed by atoms with Gasteiger partial charge < -0.3 is 0 Å². The summed E-state index contributed by atoms with van der Waals surface area (Å²) in [6, 6.07) is 2.39. The molecule has 3 heteroatoms. The molecule has 0 spiro atoms. The van der Waals surface area contributed by atoms with Gasteiger partial charge in [0.1, 0.15) is 0 Å². The van der Waals surface area contributed by atoms with Crippen molar-refractivity contribution in [3.63, 3.8) is 0 Å². The number of unbranched alkanes of at least 4 members (excludes halogenated alkanes) is 1. The van der Waals surface area contributed by atoms with Crippen LogP contribution in [0.25, 0.3) is 0 Å². The average Bonchev–Trinajstić information content (AvgIpc) is 2.77. The minimum Gasteiger partial charge on any atom is -0.204 e. The van der Waals surface area contributed by atoms with Crippen molar-refractivity contribution in [2.24, 2.45) is 17.8 Å². The molecule has 2 aliphatic carbocycles. The second-order valence-corrected chi connectivity index (χ2v) is 9.82. The van der Waals surface area contributed by atoms with Gasteiger partial charge >= 0.3 is 0 Å². The highest BCUT2D eigenvalue weighted by Gasteiger charge is 2.26. The molecule has 0 heterocycles. The van der Waals surface area contributed by atoms with Crippen molar-refractivity contribution in [3.05, 3.63) is 47.3 Å². The smallest absolute Gasteiger partial charge is 0.194 e. The lowest BCUT2D eigenvalue weighted by Gasteiger charge is -2.32. The molecule has 168 valence electrons. The monoisotopic (exact) mass is 420 g/mol. The van der Waals surface area contributed by atoms with E-state index in [-0.39, 0.29) is 5.92 Å². The SMILES string of the molecule is CCCC=CCCC1CCC(CCC2CCC(c3cc(F)c(F)c(F)c3)CC2)CC1. The van der Waals surface area contributed by atoms with Crippen LogP contribution in [-0.4, -0.2) is 0 Å². The van der Waals surface area contributed by atoms with E-state index in [1.165, 1.54) is 76.3 Å². The summed E-state index contributed by atoms with van der Waals surface area (Å²) in [4.78, 5) is 0. The topological polar surface area (TPSA) is 0 Å². The standard InChI is InChI=1S/C27H39F3/c1-2-3-4-5-6-7-20-8-10-21(11-9-20)12-13-22-14-16-23(17-15-22)24-18-25(28)27(30)26(29)19-24/h4-5,18-23H,2-3,6-17H2,1H3. The van der Waals surface area contributed by atoms with Crippen LogP contribution in [0.2, 0.25) is 0 Å². The van der Waals surface area contributed by atoms with Crippen molar-refractivity contribution in [1.29, 1.82) is 0 Å². The molecule has 0 atom stereocenters. The number of rotatable bonds is 9. The molecule has 3 rings (SSSR count). The zero-order chi connectivity index (χ0) is 21.3. The first-order valence-electron chi connectivity index (χ1n) is 12.4. The molecule has 0 unspecified atom stereocenters. The Morgan fingerprint density at radius 3 is 1.70 bits per heavy atom. The number of hydrogen-bond acceptors (Lipinski definition) is 0. The van der Waals surface area contributed by atoms with Crippen molar-refractivity contribution in [1.82, 2.24) is 0 Å². The Hall–Kier alpha value is -1.25. The summed E-state index contributed by atoms with van der Waals surface area (Å²) in [5.74, 6) is -0.714. The molecule has 2 fully saturated rings. The average molecular weight is 421 g/mol. The summed E-state index contributed by atoms with van der Waals surface area (Å²) in [7, 11) is 0. The van der Waals surface area contributed by atoms with Gasteiger partial charge in [0.2, 0.25) is 0 Å². The van der Waals surface area contributed by atoms with Crippen molar-refractivity contribution < 1.29 is 13.2 Å². The van der Waals surface area contributed by atoms with Gasteiger partial charge in [-0.05, 0) is 86.3 Å². The zero-order valence-electron chi connectivity index (χ0n) is 18.7. The van der Waals surface area contributed by atoms with Crippen LogP contribution in [0.4, 0.5) is 13.2 Å². The van der Waals surface area contributed by atoms with E-state index in [1.54, 1.807) is 0 Å². The van der Waals surface area contributed by atoms with Gasteiger partial charge in [0, 0.05) is 0 Å². The predicted molar refractivity (Wildman–Crippen MR) is 119 cm³/mol. The first-order chi connectivity index (χ1) is 14.6. The zero-order valence-corrected chi connectivity index (χ0v) is 18.7. The van der Waals surface area contributed by atoms with Crippen LogP contribution in [0.1, 0.15) is 108 Å². The second kappa shape index (κ2) is 12.0. The maximum atomic E-state index is 13.5. The lowest BCUT2D eigenvalue weighted by Crippen LogP contribution is -2.18. The number of benzene rings is 1. The Morgan fingerprint density at radius 2 is 1.17 bits per heavy atom. The molecule has 0 nitrogen and oxygen atoms in total. The maximum absolute atomic E-state index is 13.5. The Labute approximate surface area is 181 Å². The lowest BCUT2D eigenvalue weighted by molar-refractivity contribution is 0.225. The van der Waals surface area contributed by atoms with Crippen molar-refractivity contribution in [2.45, 2.75) is 103 Å². The minimum atomic E-state index is -1.35. The molecule has 0 radical (unpaired) electrons. The molecule has 0 N–H and O–H groups in total. The Balaban J connectivity index is 1.32.